The number of carbonyl (C=O) groups is 2. The SMILES string of the molecule is O=C(/C=C/c1cccc([N+](=O)[O-])c1)Nc1ccccc1C(=O)N1CCCC1. The predicted octanol–water partition coefficient (Wildman–Crippen LogP) is 3.48. The molecule has 7 nitrogen and oxygen atoms in total. The molecule has 0 aliphatic carbocycles. The van der Waals surface area contributed by atoms with Crippen LogP contribution in [0.4, 0.5) is 11.4 Å². The second kappa shape index (κ2) is 8.27. The van der Waals surface area contributed by atoms with E-state index in [2.05, 4.69) is 5.32 Å². The third kappa shape index (κ3) is 4.58. The van der Waals surface area contributed by atoms with E-state index in [-0.39, 0.29) is 11.6 Å². The fourth-order valence-corrected chi connectivity index (χ4v) is 2.96. The lowest BCUT2D eigenvalue weighted by Crippen LogP contribution is -2.28. The van der Waals surface area contributed by atoms with Gasteiger partial charge in [0.1, 0.15) is 0 Å². The summed E-state index contributed by atoms with van der Waals surface area (Å²) in [7, 11) is 0. The Bertz CT molecular complexity index is 902. The summed E-state index contributed by atoms with van der Waals surface area (Å²) in [6.07, 6.45) is 4.77. The first-order valence-electron chi connectivity index (χ1n) is 8.66. The van der Waals surface area contributed by atoms with Crippen molar-refractivity contribution in [1.29, 1.82) is 0 Å². The highest BCUT2D eigenvalue weighted by molar-refractivity contribution is 6.07. The molecule has 0 bridgehead atoms. The fourth-order valence-electron chi connectivity index (χ4n) is 2.96. The summed E-state index contributed by atoms with van der Waals surface area (Å²) >= 11 is 0. The van der Waals surface area contributed by atoms with Crippen molar-refractivity contribution in [1.82, 2.24) is 4.90 Å². The molecular formula is C20H19N3O4. The van der Waals surface area contributed by atoms with Crippen LogP contribution in [-0.2, 0) is 4.79 Å². The highest BCUT2D eigenvalue weighted by Gasteiger charge is 2.21. The summed E-state index contributed by atoms with van der Waals surface area (Å²) in [5, 5.41) is 13.5. The highest BCUT2D eigenvalue weighted by Crippen LogP contribution is 2.20. The van der Waals surface area contributed by atoms with Gasteiger partial charge in [-0.15, -0.1) is 0 Å². The van der Waals surface area contributed by atoms with Crippen molar-refractivity contribution < 1.29 is 14.5 Å². The van der Waals surface area contributed by atoms with Gasteiger partial charge in [0, 0.05) is 31.3 Å². The van der Waals surface area contributed by atoms with Crippen molar-refractivity contribution in [2.45, 2.75) is 12.8 Å². The third-order valence-corrected chi connectivity index (χ3v) is 4.32. The maximum atomic E-state index is 12.6. The Kier molecular flexibility index (Phi) is 5.61. The number of amides is 2. The van der Waals surface area contributed by atoms with Crippen LogP contribution in [0.5, 0.6) is 0 Å². The van der Waals surface area contributed by atoms with Gasteiger partial charge < -0.3 is 10.2 Å². The molecule has 1 N–H and O–H groups in total. The molecule has 2 aromatic carbocycles. The number of nitrogens with one attached hydrogen (secondary N) is 1. The van der Waals surface area contributed by atoms with Crippen LogP contribution in [0.2, 0.25) is 0 Å². The van der Waals surface area contributed by atoms with Crippen LogP contribution < -0.4 is 5.32 Å². The Hall–Kier alpha value is -3.48. The van der Waals surface area contributed by atoms with E-state index < -0.39 is 10.8 Å². The average Bonchev–Trinajstić information content (AvgIpc) is 3.21. The molecule has 2 amide bonds. The van der Waals surface area contributed by atoms with Crippen molar-refractivity contribution in [2.75, 3.05) is 18.4 Å². The summed E-state index contributed by atoms with van der Waals surface area (Å²) in [4.78, 5) is 37.0. The monoisotopic (exact) mass is 365 g/mol. The summed E-state index contributed by atoms with van der Waals surface area (Å²) in [5.74, 6) is -0.505. The molecule has 0 unspecified atom stereocenters. The number of nitrogens with zero attached hydrogens (tertiary/aromatic N) is 2. The molecule has 0 saturated carbocycles. The number of carbonyl (C=O) groups excluding carboxylic acids is 2. The zero-order valence-electron chi connectivity index (χ0n) is 14.6. The molecule has 1 fully saturated rings. The van der Waals surface area contributed by atoms with Crippen LogP contribution in [0.3, 0.4) is 0 Å². The summed E-state index contributed by atoms with van der Waals surface area (Å²) in [6, 6.07) is 12.9. The Morgan fingerprint density at radius 1 is 1.07 bits per heavy atom. The average molecular weight is 365 g/mol. The first kappa shape index (κ1) is 18.3. The smallest absolute Gasteiger partial charge is 0.270 e. The maximum Gasteiger partial charge on any atom is 0.270 e. The number of para-hydroxylation sites is 1. The number of benzene rings is 2. The van der Waals surface area contributed by atoms with Gasteiger partial charge in [0.05, 0.1) is 16.2 Å². The van der Waals surface area contributed by atoms with E-state index in [1.807, 2.05) is 0 Å². The van der Waals surface area contributed by atoms with E-state index in [4.69, 9.17) is 0 Å². The summed E-state index contributed by atoms with van der Waals surface area (Å²) in [6.45, 7) is 1.46. The van der Waals surface area contributed by atoms with Gasteiger partial charge in [-0.2, -0.15) is 0 Å². The number of nitro groups is 1. The maximum absolute atomic E-state index is 12.6. The number of likely N-dealkylation sites (tertiary alicyclic amines) is 1. The number of hydrogen-bond donors (Lipinski definition) is 1. The Balaban J connectivity index is 1.72. The number of hydrogen-bond acceptors (Lipinski definition) is 4. The van der Waals surface area contributed by atoms with Crippen LogP contribution in [-0.4, -0.2) is 34.7 Å². The van der Waals surface area contributed by atoms with E-state index >= 15 is 0 Å². The van der Waals surface area contributed by atoms with Crippen molar-refractivity contribution in [3.8, 4) is 0 Å². The molecule has 0 radical (unpaired) electrons. The Morgan fingerprint density at radius 2 is 1.81 bits per heavy atom. The molecule has 1 heterocycles. The van der Waals surface area contributed by atoms with Gasteiger partial charge in [-0.1, -0.05) is 24.3 Å². The first-order chi connectivity index (χ1) is 13.0. The topological polar surface area (TPSA) is 92.5 Å². The molecule has 27 heavy (non-hydrogen) atoms. The largest absolute Gasteiger partial charge is 0.339 e. The summed E-state index contributed by atoms with van der Waals surface area (Å²) in [5.41, 5.74) is 1.40. The molecule has 138 valence electrons. The standard InChI is InChI=1S/C20H19N3O4/c24-19(11-10-15-6-5-7-16(14-15)23(26)27)21-18-9-2-1-8-17(18)20(25)22-12-3-4-13-22/h1-2,5-11,14H,3-4,12-13H2,(H,21,24)/b11-10+. The van der Waals surface area contributed by atoms with E-state index in [1.54, 1.807) is 41.3 Å². The normalized spacial score (nSPS) is 13.7. The molecule has 0 aromatic heterocycles. The lowest BCUT2D eigenvalue weighted by Gasteiger charge is -2.17. The van der Waals surface area contributed by atoms with E-state index in [0.29, 0.717) is 16.8 Å². The van der Waals surface area contributed by atoms with Crippen LogP contribution in [0, 0.1) is 10.1 Å². The molecular weight excluding hydrogens is 346 g/mol. The number of non-ortho nitro benzene ring substituents is 1. The van der Waals surface area contributed by atoms with Gasteiger partial charge in [0.15, 0.2) is 0 Å². The lowest BCUT2D eigenvalue weighted by atomic mass is 10.1. The van der Waals surface area contributed by atoms with E-state index in [0.717, 1.165) is 25.9 Å². The van der Waals surface area contributed by atoms with Crippen LogP contribution in [0.25, 0.3) is 6.08 Å². The number of rotatable bonds is 5. The Morgan fingerprint density at radius 3 is 2.56 bits per heavy atom. The lowest BCUT2D eigenvalue weighted by molar-refractivity contribution is -0.384. The minimum absolute atomic E-state index is 0.0425. The molecule has 0 atom stereocenters. The Labute approximate surface area is 156 Å². The molecule has 7 heteroatoms. The zero-order valence-corrected chi connectivity index (χ0v) is 14.6. The number of anilines is 1. The molecule has 1 aliphatic heterocycles. The van der Waals surface area contributed by atoms with E-state index in [1.165, 1.54) is 24.3 Å². The molecule has 2 aromatic rings. The van der Waals surface area contributed by atoms with Gasteiger partial charge >= 0.3 is 0 Å². The third-order valence-electron chi connectivity index (χ3n) is 4.32. The predicted molar refractivity (Wildman–Crippen MR) is 102 cm³/mol. The van der Waals surface area contributed by atoms with Crippen LogP contribution in [0.15, 0.2) is 54.6 Å². The van der Waals surface area contributed by atoms with Gasteiger partial charge in [-0.05, 0) is 36.6 Å². The summed E-state index contributed by atoms with van der Waals surface area (Å²) < 4.78 is 0. The van der Waals surface area contributed by atoms with Crippen LogP contribution in [0.1, 0.15) is 28.8 Å². The quantitative estimate of drug-likeness (QED) is 0.499. The molecule has 1 aliphatic rings. The van der Waals surface area contributed by atoms with Crippen molar-refractivity contribution in [3.05, 3.63) is 75.8 Å². The molecule has 3 rings (SSSR count). The molecule has 0 spiro atoms. The van der Waals surface area contributed by atoms with Crippen molar-refractivity contribution in [3.63, 3.8) is 0 Å². The zero-order chi connectivity index (χ0) is 19.2. The van der Waals surface area contributed by atoms with Gasteiger partial charge in [-0.3, -0.25) is 19.7 Å². The minimum Gasteiger partial charge on any atom is -0.339 e. The van der Waals surface area contributed by atoms with Gasteiger partial charge in [-0.25, -0.2) is 0 Å². The van der Waals surface area contributed by atoms with Crippen molar-refractivity contribution in [2.24, 2.45) is 0 Å². The second-order valence-electron chi connectivity index (χ2n) is 6.22. The second-order valence-corrected chi connectivity index (χ2v) is 6.22. The minimum atomic E-state index is -0.488. The highest BCUT2D eigenvalue weighted by atomic mass is 16.6. The van der Waals surface area contributed by atoms with Crippen LogP contribution >= 0.6 is 0 Å². The fraction of sp³-hybridized carbons (Fsp3) is 0.200. The molecule has 1 saturated heterocycles. The van der Waals surface area contributed by atoms with E-state index in [9.17, 15) is 19.7 Å². The number of nitro benzene ring substituents is 1. The van der Waals surface area contributed by atoms with Gasteiger partial charge in [0.25, 0.3) is 11.6 Å². The van der Waals surface area contributed by atoms with Crippen molar-refractivity contribution >= 4 is 29.3 Å². The van der Waals surface area contributed by atoms with Gasteiger partial charge in [0.2, 0.25) is 5.91 Å². The first-order valence-corrected chi connectivity index (χ1v) is 8.66.